The molecule has 21 heavy (non-hydrogen) atoms. The third-order valence-electron chi connectivity index (χ3n) is 2.92. The van der Waals surface area contributed by atoms with E-state index in [1.165, 1.54) is 0 Å². The summed E-state index contributed by atoms with van der Waals surface area (Å²) >= 11 is 2.19. The molecule has 0 spiro atoms. The highest BCUT2D eigenvalue weighted by molar-refractivity contribution is 14.1. The van der Waals surface area contributed by atoms with Crippen molar-refractivity contribution in [1.82, 2.24) is 5.32 Å². The number of halogens is 1. The van der Waals surface area contributed by atoms with E-state index in [9.17, 15) is 4.79 Å². The molecule has 2 rings (SSSR count). The monoisotopic (exact) mass is 395 g/mol. The molecule has 0 aliphatic heterocycles. The van der Waals surface area contributed by atoms with Crippen LogP contribution in [-0.2, 0) is 6.54 Å². The fraction of sp³-hybridized carbons (Fsp3) is 0.0667. The van der Waals surface area contributed by atoms with Gasteiger partial charge in [0.2, 0.25) is 0 Å². The summed E-state index contributed by atoms with van der Waals surface area (Å²) in [5.74, 6) is -0.0589. The molecule has 0 fully saturated rings. The minimum absolute atomic E-state index is 0.0597. The van der Waals surface area contributed by atoms with Crippen LogP contribution in [0.5, 0.6) is 0 Å². The van der Waals surface area contributed by atoms with Gasteiger partial charge in [-0.25, -0.2) is 0 Å². The van der Waals surface area contributed by atoms with E-state index in [4.69, 9.17) is 10.9 Å². The fourth-order valence-corrected chi connectivity index (χ4v) is 2.10. The van der Waals surface area contributed by atoms with E-state index in [-0.39, 0.29) is 11.7 Å². The van der Waals surface area contributed by atoms with Crippen LogP contribution in [-0.4, -0.2) is 17.0 Å². The molecule has 0 atom stereocenters. The number of carbonyl (C=O) groups is 1. The molecule has 0 heterocycles. The molecule has 0 aliphatic rings. The zero-order valence-corrected chi connectivity index (χ0v) is 13.2. The number of nitrogens with one attached hydrogen (secondary N) is 1. The van der Waals surface area contributed by atoms with Gasteiger partial charge in [0, 0.05) is 21.2 Å². The summed E-state index contributed by atoms with van der Waals surface area (Å²) in [5, 5.41) is 14.4. The molecule has 108 valence electrons. The summed E-state index contributed by atoms with van der Waals surface area (Å²) in [7, 11) is 0. The topological polar surface area (TPSA) is 87.7 Å². The fourth-order valence-electron chi connectivity index (χ4n) is 1.74. The van der Waals surface area contributed by atoms with Crippen molar-refractivity contribution in [2.45, 2.75) is 6.54 Å². The number of hydrogen-bond acceptors (Lipinski definition) is 3. The van der Waals surface area contributed by atoms with Crippen molar-refractivity contribution in [2.75, 3.05) is 0 Å². The minimum Gasteiger partial charge on any atom is -0.409 e. The lowest BCUT2D eigenvalue weighted by molar-refractivity contribution is 0.0951. The molecule has 0 saturated heterocycles. The van der Waals surface area contributed by atoms with Gasteiger partial charge in [0.05, 0.1) is 0 Å². The number of hydrogen-bond donors (Lipinski definition) is 3. The molecule has 4 N–H and O–H groups in total. The first kappa shape index (κ1) is 15.3. The number of amides is 1. The van der Waals surface area contributed by atoms with Gasteiger partial charge in [-0.05, 0) is 52.4 Å². The normalized spacial score (nSPS) is 11.2. The molecule has 0 bridgehead atoms. The Labute approximate surface area is 136 Å². The quantitative estimate of drug-likeness (QED) is 0.244. The Hall–Kier alpha value is -2.09. The first-order valence-electron chi connectivity index (χ1n) is 6.21. The second-order valence-corrected chi connectivity index (χ2v) is 5.62. The number of nitrogens with zero attached hydrogens (tertiary/aromatic N) is 1. The largest absolute Gasteiger partial charge is 0.409 e. The Balaban J connectivity index is 1.96. The molecule has 0 radical (unpaired) electrons. The number of benzene rings is 2. The van der Waals surface area contributed by atoms with Gasteiger partial charge in [-0.2, -0.15) is 0 Å². The van der Waals surface area contributed by atoms with Crippen LogP contribution in [0.25, 0.3) is 0 Å². The van der Waals surface area contributed by atoms with Crippen LogP contribution < -0.4 is 11.1 Å². The van der Waals surface area contributed by atoms with Crippen LogP contribution in [0.15, 0.2) is 53.7 Å². The molecule has 6 heteroatoms. The van der Waals surface area contributed by atoms with Gasteiger partial charge in [-0.15, -0.1) is 0 Å². The lowest BCUT2D eigenvalue weighted by atomic mass is 10.1. The summed E-state index contributed by atoms with van der Waals surface area (Å²) < 4.78 is 1.09. The summed E-state index contributed by atoms with van der Waals surface area (Å²) in [4.78, 5) is 12.0. The highest BCUT2D eigenvalue weighted by Crippen LogP contribution is 2.08. The highest BCUT2D eigenvalue weighted by Gasteiger charge is 2.05. The predicted octanol–water partition coefficient (Wildman–Crippen LogP) is 2.32. The van der Waals surface area contributed by atoms with E-state index >= 15 is 0 Å². The summed E-state index contributed by atoms with van der Waals surface area (Å²) in [6, 6.07) is 14.5. The lowest BCUT2D eigenvalue weighted by Crippen LogP contribution is -2.22. The first-order chi connectivity index (χ1) is 10.1. The van der Waals surface area contributed by atoms with Gasteiger partial charge in [0.1, 0.15) is 0 Å². The molecular weight excluding hydrogens is 381 g/mol. The standard InChI is InChI=1S/C15H14IN3O2/c16-13-7-5-12(6-8-13)15(20)18-9-10-1-3-11(4-2-10)14(17)19-21/h1-8,21H,9H2,(H2,17,19)(H,18,20). The Morgan fingerprint density at radius 2 is 1.67 bits per heavy atom. The SMILES string of the molecule is NC(=NO)c1ccc(CNC(=O)c2ccc(I)cc2)cc1. The van der Waals surface area contributed by atoms with Crippen molar-refractivity contribution in [2.24, 2.45) is 10.9 Å². The summed E-state index contributed by atoms with van der Waals surface area (Å²) in [6.07, 6.45) is 0. The van der Waals surface area contributed by atoms with Gasteiger partial charge < -0.3 is 16.3 Å². The van der Waals surface area contributed by atoms with Gasteiger partial charge in [-0.1, -0.05) is 29.4 Å². The van der Waals surface area contributed by atoms with Crippen LogP contribution in [0.4, 0.5) is 0 Å². The molecule has 1 amide bonds. The third-order valence-corrected chi connectivity index (χ3v) is 3.64. The molecule has 0 aromatic heterocycles. The van der Waals surface area contributed by atoms with Gasteiger partial charge in [0.15, 0.2) is 5.84 Å². The maximum Gasteiger partial charge on any atom is 0.251 e. The van der Waals surface area contributed by atoms with Crippen LogP contribution in [0.3, 0.4) is 0 Å². The maximum atomic E-state index is 12.0. The zero-order chi connectivity index (χ0) is 15.2. The Morgan fingerprint density at radius 3 is 2.24 bits per heavy atom. The number of nitrogens with two attached hydrogens (primary N) is 1. The lowest BCUT2D eigenvalue weighted by Gasteiger charge is -2.06. The number of oxime groups is 1. The first-order valence-corrected chi connectivity index (χ1v) is 7.28. The third kappa shape index (κ3) is 4.19. The van der Waals surface area contributed by atoms with Crippen molar-refractivity contribution in [3.63, 3.8) is 0 Å². The van der Waals surface area contributed by atoms with Gasteiger partial charge >= 0.3 is 0 Å². The van der Waals surface area contributed by atoms with Crippen molar-refractivity contribution in [3.8, 4) is 0 Å². The number of carbonyl (C=O) groups excluding carboxylic acids is 1. The van der Waals surface area contributed by atoms with Crippen molar-refractivity contribution < 1.29 is 10.0 Å². The van der Waals surface area contributed by atoms with Crippen LogP contribution in [0.1, 0.15) is 21.5 Å². The molecule has 0 unspecified atom stereocenters. The second-order valence-electron chi connectivity index (χ2n) is 4.37. The molecule has 2 aromatic rings. The Morgan fingerprint density at radius 1 is 1.10 bits per heavy atom. The smallest absolute Gasteiger partial charge is 0.251 e. The van der Waals surface area contributed by atoms with Gasteiger partial charge in [-0.3, -0.25) is 4.79 Å². The average Bonchev–Trinajstić information content (AvgIpc) is 2.53. The van der Waals surface area contributed by atoms with E-state index in [0.717, 1.165) is 9.13 Å². The molecule has 5 nitrogen and oxygen atoms in total. The molecule has 0 aliphatic carbocycles. The van der Waals surface area contributed by atoms with Crippen LogP contribution in [0.2, 0.25) is 0 Å². The van der Waals surface area contributed by atoms with Crippen LogP contribution >= 0.6 is 22.6 Å². The average molecular weight is 395 g/mol. The van der Waals surface area contributed by atoms with Crippen molar-refractivity contribution in [1.29, 1.82) is 0 Å². The minimum atomic E-state index is -0.119. The summed E-state index contributed by atoms with van der Waals surface area (Å²) in [6.45, 7) is 0.418. The zero-order valence-electron chi connectivity index (χ0n) is 11.1. The molecular formula is C15H14IN3O2. The van der Waals surface area contributed by atoms with E-state index in [1.807, 2.05) is 24.3 Å². The highest BCUT2D eigenvalue weighted by atomic mass is 127. The van der Waals surface area contributed by atoms with Crippen molar-refractivity contribution >= 4 is 34.3 Å². The van der Waals surface area contributed by atoms with E-state index in [2.05, 4.69) is 33.1 Å². The van der Waals surface area contributed by atoms with E-state index in [1.54, 1.807) is 24.3 Å². The molecule has 0 saturated carbocycles. The number of amidine groups is 1. The number of rotatable bonds is 4. The van der Waals surface area contributed by atoms with Gasteiger partial charge in [0.25, 0.3) is 5.91 Å². The van der Waals surface area contributed by atoms with Crippen LogP contribution in [0, 0.1) is 3.57 Å². The van der Waals surface area contributed by atoms with Crippen molar-refractivity contribution in [3.05, 3.63) is 68.8 Å². The Kier molecular flexibility index (Phi) is 5.15. The molecule has 2 aromatic carbocycles. The summed E-state index contributed by atoms with van der Waals surface area (Å²) in [5.41, 5.74) is 7.68. The van der Waals surface area contributed by atoms with E-state index < -0.39 is 0 Å². The predicted molar refractivity (Wildman–Crippen MR) is 89.3 cm³/mol. The maximum absolute atomic E-state index is 12.0. The Bertz CT molecular complexity index is 652. The van der Waals surface area contributed by atoms with E-state index in [0.29, 0.717) is 17.7 Å². The second kappa shape index (κ2) is 7.07.